The first kappa shape index (κ1) is 14.0. The lowest BCUT2D eigenvalue weighted by molar-refractivity contribution is -0.108. The zero-order valence-electron chi connectivity index (χ0n) is 9.52. The van der Waals surface area contributed by atoms with E-state index in [4.69, 9.17) is 5.73 Å². The number of amides is 1. The van der Waals surface area contributed by atoms with E-state index in [1.165, 1.54) is 6.20 Å². The van der Waals surface area contributed by atoms with Gasteiger partial charge in [-0.1, -0.05) is 37.0 Å². The molecular formula is C13H18N2O. The molecule has 0 saturated heterocycles. The maximum absolute atomic E-state index is 9.99. The van der Waals surface area contributed by atoms with Crippen molar-refractivity contribution in [3.8, 4) is 0 Å². The molecule has 0 atom stereocenters. The highest BCUT2D eigenvalue weighted by molar-refractivity contribution is 5.48. The van der Waals surface area contributed by atoms with E-state index in [2.05, 4.69) is 11.9 Å². The summed E-state index contributed by atoms with van der Waals surface area (Å²) in [5.41, 5.74) is 7.18. The Kier molecular flexibility index (Phi) is 8.31. The lowest BCUT2D eigenvalue weighted by Gasteiger charge is -1.95. The fourth-order valence-electron chi connectivity index (χ4n) is 0.949. The zero-order chi connectivity index (χ0) is 12.2. The molecule has 0 radical (unpaired) electrons. The largest absolute Gasteiger partial charge is 0.398 e. The van der Waals surface area contributed by atoms with E-state index in [-0.39, 0.29) is 0 Å². The third-order valence-corrected chi connectivity index (χ3v) is 1.75. The molecule has 0 aliphatic heterocycles. The maximum Gasteiger partial charge on any atom is 0.211 e. The molecule has 0 aliphatic carbocycles. The molecule has 0 bridgehead atoms. The maximum atomic E-state index is 9.99. The Morgan fingerprint density at radius 3 is 2.81 bits per heavy atom. The van der Waals surface area contributed by atoms with Crippen LogP contribution < -0.4 is 11.1 Å². The Balaban J connectivity index is 4.25. The molecular weight excluding hydrogens is 200 g/mol. The summed E-state index contributed by atoms with van der Waals surface area (Å²) in [7, 11) is 0. The Hall–Kier alpha value is -2.03. The Bertz CT molecular complexity index is 336. The summed E-state index contributed by atoms with van der Waals surface area (Å²) >= 11 is 0. The number of carbonyl (C=O) groups excluding carboxylic acids is 1. The minimum atomic E-state index is 0.501. The van der Waals surface area contributed by atoms with Gasteiger partial charge in [0.2, 0.25) is 6.41 Å². The number of carbonyl (C=O) groups is 1. The van der Waals surface area contributed by atoms with E-state index in [0.717, 1.165) is 12.0 Å². The van der Waals surface area contributed by atoms with Gasteiger partial charge in [0.05, 0.1) is 0 Å². The van der Waals surface area contributed by atoms with Gasteiger partial charge in [0, 0.05) is 11.9 Å². The van der Waals surface area contributed by atoms with Gasteiger partial charge in [-0.2, -0.15) is 0 Å². The van der Waals surface area contributed by atoms with Crippen LogP contribution in [-0.4, -0.2) is 6.41 Å². The third-order valence-electron chi connectivity index (χ3n) is 1.75. The Labute approximate surface area is 96.7 Å². The fraction of sp³-hybridized carbons (Fsp3) is 0.154. The summed E-state index contributed by atoms with van der Waals surface area (Å²) in [4.78, 5) is 9.99. The van der Waals surface area contributed by atoms with Crippen molar-refractivity contribution in [2.24, 2.45) is 5.73 Å². The van der Waals surface area contributed by atoms with Crippen LogP contribution in [0.15, 0.2) is 60.5 Å². The van der Waals surface area contributed by atoms with E-state index in [0.29, 0.717) is 12.1 Å². The molecule has 3 N–H and O–H groups in total. The van der Waals surface area contributed by atoms with Crippen LogP contribution in [0.3, 0.4) is 0 Å². The molecule has 0 aliphatic rings. The number of hydrogen-bond donors (Lipinski definition) is 2. The summed E-state index contributed by atoms with van der Waals surface area (Å²) in [5.74, 6) is 0. The first-order chi connectivity index (χ1) is 7.74. The monoisotopic (exact) mass is 218 g/mol. The lowest BCUT2D eigenvalue weighted by atomic mass is 10.1. The van der Waals surface area contributed by atoms with Crippen LogP contribution in [0.25, 0.3) is 0 Å². The smallest absolute Gasteiger partial charge is 0.211 e. The summed E-state index contributed by atoms with van der Waals surface area (Å²) in [6, 6.07) is 0. The van der Waals surface area contributed by atoms with Crippen molar-refractivity contribution in [1.82, 2.24) is 5.32 Å². The predicted molar refractivity (Wildman–Crippen MR) is 68.3 cm³/mol. The normalized spacial score (nSPS) is 13.3. The quantitative estimate of drug-likeness (QED) is 0.508. The molecule has 3 nitrogen and oxygen atoms in total. The highest BCUT2D eigenvalue weighted by atomic mass is 16.1. The predicted octanol–water partition coefficient (Wildman–Crippen LogP) is 2.17. The molecule has 16 heavy (non-hydrogen) atoms. The Morgan fingerprint density at radius 1 is 1.50 bits per heavy atom. The molecule has 0 aromatic heterocycles. The second kappa shape index (κ2) is 9.52. The minimum Gasteiger partial charge on any atom is -0.398 e. The number of nitrogens with one attached hydrogen (secondary N) is 1. The van der Waals surface area contributed by atoms with Crippen LogP contribution in [0.4, 0.5) is 0 Å². The van der Waals surface area contributed by atoms with Crippen molar-refractivity contribution in [3.63, 3.8) is 0 Å². The number of hydrogen-bond acceptors (Lipinski definition) is 2. The summed E-state index contributed by atoms with van der Waals surface area (Å²) in [6.07, 6.45) is 14.1. The molecule has 0 unspecified atom stereocenters. The molecule has 3 heteroatoms. The van der Waals surface area contributed by atoms with Gasteiger partial charge in [-0.15, -0.1) is 0 Å². The van der Waals surface area contributed by atoms with Crippen molar-refractivity contribution < 1.29 is 4.79 Å². The molecule has 86 valence electrons. The van der Waals surface area contributed by atoms with Crippen LogP contribution in [0, 0.1) is 0 Å². The molecule has 0 fully saturated rings. The first-order valence-corrected chi connectivity index (χ1v) is 5.00. The third kappa shape index (κ3) is 7.38. The lowest BCUT2D eigenvalue weighted by Crippen LogP contribution is -2.05. The standard InChI is InChI=1S/C13H18N2O/c1-3-5-7-12(4-2)8-6-9-13(14)10-15-11-16/h3-7,9-11H,2,8,14H2,1H3,(H,15,16)/b5-3-,9-6-,12-7+,13-10+. The van der Waals surface area contributed by atoms with Gasteiger partial charge < -0.3 is 11.1 Å². The summed E-state index contributed by atoms with van der Waals surface area (Å²) in [6.45, 7) is 5.68. The highest BCUT2D eigenvalue weighted by Crippen LogP contribution is 2.04. The van der Waals surface area contributed by atoms with Crippen LogP contribution >= 0.6 is 0 Å². The van der Waals surface area contributed by atoms with Crippen LogP contribution in [0.2, 0.25) is 0 Å². The number of rotatable bonds is 7. The van der Waals surface area contributed by atoms with E-state index in [1.807, 2.05) is 31.2 Å². The van der Waals surface area contributed by atoms with Crippen LogP contribution in [-0.2, 0) is 4.79 Å². The average Bonchev–Trinajstić information content (AvgIpc) is 2.30. The molecule has 0 aromatic carbocycles. The molecule has 0 spiro atoms. The van der Waals surface area contributed by atoms with Gasteiger partial charge in [0.25, 0.3) is 0 Å². The van der Waals surface area contributed by atoms with E-state index in [1.54, 1.807) is 12.2 Å². The molecule has 0 aromatic rings. The van der Waals surface area contributed by atoms with E-state index >= 15 is 0 Å². The molecule has 1 amide bonds. The first-order valence-electron chi connectivity index (χ1n) is 5.00. The van der Waals surface area contributed by atoms with Crippen molar-refractivity contribution in [1.29, 1.82) is 0 Å². The topological polar surface area (TPSA) is 55.1 Å². The Morgan fingerprint density at radius 2 is 2.25 bits per heavy atom. The van der Waals surface area contributed by atoms with Gasteiger partial charge in [-0.3, -0.25) is 4.79 Å². The van der Waals surface area contributed by atoms with Crippen LogP contribution in [0.1, 0.15) is 13.3 Å². The van der Waals surface area contributed by atoms with Gasteiger partial charge in [-0.25, -0.2) is 0 Å². The molecule has 0 rings (SSSR count). The minimum absolute atomic E-state index is 0.501. The number of nitrogens with two attached hydrogens (primary N) is 1. The van der Waals surface area contributed by atoms with Crippen LogP contribution in [0.5, 0.6) is 0 Å². The second-order valence-corrected chi connectivity index (χ2v) is 3.01. The second-order valence-electron chi connectivity index (χ2n) is 3.01. The SMILES string of the molecule is C=C/C(=C\C=C/C)C/C=C\C(N)=C/NC=O. The average molecular weight is 218 g/mol. The van der Waals surface area contributed by atoms with Crippen molar-refractivity contribution >= 4 is 6.41 Å². The van der Waals surface area contributed by atoms with Crippen molar-refractivity contribution in [2.45, 2.75) is 13.3 Å². The highest BCUT2D eigenvalue weighted by Gasteiger charge is 1.86. The van der Waals surface area contributed by atoms with Gasteiger partial charge >= 0.3 is 0 Å². The number of allylic oxidation sites excluding steroid dienone is 7. The van der Waals surface area contributed by atoms with E-state index < -0.39 is 0 Å². The van der Waals surface area contributed by atoms with Gasteiger partial charge in [0.15, 0.2) is 0 Å². The fourth-order valence-corrected chi connectivity index (χ4v) is 0.949. The summed E-state index contributed by atoms with van der Waals surface area (Å²) < 4.78 is 0. The van der Waals surface area contributed by atoms with E-state index in [9.17, 15) is 4.79 Å². The van der Waals surface area contributed by atoms with Gasteiger partial charge in [0.1, 0.15) is 0 Å². The van der Waals surface area contributed by atoms with Crippen molar-refractivity contribution in [3.05, 3.63) is 60.5 Å². The molecule has 0 heterocycles. The zero-order valence-corrected chi connectivity index (χ0v) is 9.52. The van der Waals surface area contributed by atoms with Crippen molar-refractivity contribution in [2.75, 3.05) is 0 Å². The van der Waals surface area contributed by atoms with Gasteiger partial charge in [-0.05, 0) is 25.0 Å². The molecule has 0 saturated carbocycles. The summed E-state index contributed by atoms with van der Waals surface area (Å²) in [5, 5.41) is 2.37.